The van der Waals surface area contributed by atoms with Crippen molar-refractivity contribution in [3.05, 3.63) is 54.1 Å². The van der Waals surface area contributed by atoms with Gasteiger partial charge in [-0.1, -0.05) is 115 Å². The molecule has 0 N–H and O–H groups in total. The molecule has 5 nitrogen and oxygen atoms in total. The number of esters is 2. The Kier molecular flexibility index (Phi) is 14.7. The summed E-state index contributed by atoms with van der Waals surface area (Å²) in [7, 11) is 0. The van der Waals surface area contributed by atoms with Crippen molar-refractivity contribution in [1.82, 2.24) is 0 Å². The van der Waals surface area contributed by atoms with Crippen LogP contribution in [0.15, 0.2) is 48.5 Å². The Morgan fingerprint density at radius 2 is 1.25 bits per heavy atom. The van der Waals surface area contributed by atoms with Crippen LogP contribution in [0, 0.1) is 0 Å². The van der Waals surface area contributed by atoms with E-state index in [4.69, 9.17) is 14.2 Å². The first-order valence-corrected chi connectivity index (χ1v) is 15.9. The Morgan fingerprint density at radius 1 is 0.725 bits per heavy atom. The van der Waals surface area contributed by atoms with Crippen molar-refractivity contribution in [2.45, 2.75) is 129 Å². The van der Waals surface area contributed by atoms with Crippen LogP contribution in [0.5, 0.6) is 5.75 Å². The maximum atomic E-state index is 12.7. The van der Waals surface area contributed by atoms with Gasteiger partial charge in [0.1, 0.15) is 11.9 Å². The van der Waals surface area contributed by atoms with E-state index >= 15 is 0 Å². The number of carbonyl (C=O) groups excluding carboxylic acids is 2. The molecule has 2 atom stereocenters. The maximum Gasteiger partial charge on any atom is 0.347 e. The molecule has 0 spiro atoms. The fourth-order valence-corrected chi connectivity index (χ4v) is 5.21. The van der Waals surface area contributed by atoms with E-state index < -0.39 is 18.0 Å². The lowest BCUT2D eigenvalue weighted by atomic mass is 10.0. The third kappa shape index (κ3) is 11.3. The molecule has 1 aliphatic rings. The topological polar surface area (TPSA) is 61.8 Å². The first-order chi connectivity index (χ1) is 19.6. The lowest BCUT2D eigenvalue weighted by Crippen LogP contribution is -2.22. The molecule has 1 saturated heterocycles. The quantitative estimate of drug-likeness (QED) is 0.121. The van der Waals surface area contributed by atoms with E-state index in [9.17, 15) is 9.59 Å². The third-order valence-corrected chi connectivity index (χ3v) is 7.73. The first-order valence-electron chi connectivity index (χ1n) is 15.9. The highest BCUT2D eigenvalue weighted by molar-refractivity contribution is 5.92. The van der Waals surface area contributed by atoms with Gasteiger partial charge in [-0.15, -0.1) is 0 Å². The highest BCUT2D eigenvalue weighted by Gasteiger charge is 2.37. The van der Waals surface area contributed by atoms with Crippen LogP contribution in [0.2, 0.25) is 0 Å². The van der Waals surface area contributed by atoms with Crippen molar-refractivity contribution in [3.8, 4) is 16.9 Å². The summed E-state index contributed by atoms with van der Waals surface area (Å²) >= 11 is 0. The lowest BCUT2D eigenvalue weighted by molar-refractivity contribution is -0.147. The molecule has 0 unspecified atom stereocenters. The summed E-state index contributed by atoms with van der Waals surface area (Å²) < 4.78 is 16.9. The molecule has 40 heavy (non-hydrogen) atoms. The summed E-state index contributed by atoms with van der Waals surface area (Å²) in [5, 5.41) is 0. The van der Waals surface area contributed by atoms with Gasteiger partial charge in [0.15, 0.2) is 0 Å². The monoisotopic (exact) mass is 550 g/mol. The van der Waals surface area contributed by atoms with Gasteiger partial charge < -0.3 is 14.2 Å². The fourth-order valence-electron chi connectivity index (χ4n) is 5.21. The number of ether oxygens (including phenoxy) is 3. The zero-order chi connectivity index (χ0) is 28.4. The second-order valence-electron chi connectivity index (χ2n) is 11.2. The van der Waals surface area contributed by atoms with Crippen LogP contribution in [-0.4, -0.2) is 30.8 Å². The van der Waals surface area contributed by atoms with Crippen LogP contribution in [0.3, 0.4) is 0 Å². The van der Waals surface area contributed by atoms with Crippen molar-refractivity contribution >= 4 is 11.9 Å². The van der Waals surface area contributed by atoms with Gasteiger partial charge in [-0.2, -0.15) is 0 Å². The highest BCUT2D eigenvalue weighted by Crippen LogP contribution is 2.26. The largest absolute Gasteiger partial charge is 0.494 e. The van der Waals surface area contributed by atoms with E-state index in [0.29, 0.717) is 12.0 Å². The maximum absolute atomic E-state index is 12.7. The van der Waals surface area contributed by atoms with E-state index in [2.05, 4.69) is 13.8 Å². The van der Waals surface area contributed by atoms with Crippen LogP contribution in [0.25, 0.3) is 11.1 Å². The zero-order valence-electron chi connectivity index (χ0n) is 24.8. The van der Waals surface area contributed by atoms with Gasteiger partial charge in [0.25, 0.3) is 0 Å². The van der Waals surface area contributed by atoms with Gasteiger partial charge in [0.2, 0.25) is 6.10 Å². The van der Waals surface area contributed by atoms with Gasteiger partial charge in [-0.05, 0) is 54.7 Å². The van der Waals surface area contributed by atoms with Gasteiger partial charge in [-0.3, -0.25) is 0 Å². The fraction of sp³-hybridized carbons (Fsp3) is 0.600. The molecular formula is C35H50O5. The lowest BCUT2D eigenvalue weighted by Gasteiger charge is -2.10. The summed E-state index contributed by atoms with van der Waals surface area (Å²) in [5.41, 5.74) is 2.49. The molecule has 0 radical (unpaired) electrons. The van der Waals surface area contributed by atoms with Gasteiger partial charge >= 0.3 is 11.9 Å². The van der Waals surface area contributed by atoms with Gasteiger partial charge in [-0.25, -0.2) is 9.59 Å². The normalized spacial score (nSPS) is 16.6. The number of hydrogen-bond acceptors (Lipinski definition) is 5. The molecule has 0 aliphatic carbocycles. The molecule has 5 heteroatoms. The molecule has 2 aromatic carbocycles. The number of benzene rings is 2. The van der Waals surface area contributed by atoms with E-state index in [0.717, 1.165) is 49.2 Å². The van der Waals surface area contributed by atoms with Crippen molar-refractivity contribution in [2.75, 3.05) is 6.61 Å². The average Bonchev–Trinajstić information content (AvgIpc) is 3.32. The second kappa shape index (κ2) is 18.5. The van der Waals surface area contributed by atoms with Gasteiger partial charge in [0.05, 0.1) is 12.2 Å². The summed E-state index contributed by atoms with van der Waals surface area (Å²) in [6, 6.07) is 15.4. The minimum Gasteiger partial charge on any atom is -0.494 e. The molecule has 220 valence electrons. The van der Waals surface area contributed by atoms with E-state index in [1.807, 2.05) is 36.4 Å². The summed E-state index contributed by atoms with van der Waals surface area (Å²) in [6.45, 7) is 5.21. The molecular weight excluding hydrogens is 500 g/mol. The molecule has 3 rings (SSSR count). The highest BCUT2D eigenvalue weighted by atomic mass is 16.6. The molecule has 0 saturated carbocycles. The predicted molar refractivity (Wildman–Crippen MR) is 162 cm³/mol. The number of cyclic esters (lactones) is 1. The van der Waals surface area contributed by atoms with Crippen LogP contribution >= 0.6 is 0 Å². The molecule has 1 heterocycles. The van der Waals surface area contributed by atoms with E-state index in [1.54, 1.807) is 12.1 Å². The second-order valence-corrected chi connectivity index (χ2v) is 11.2. The molecule has 0 amide bonds. The Hall–Kier alpha value is -2.82. The summed E-state index contributed by atoms with van der Waals surface area (Å²) in [5.74, 6) is -0.0331. The Morgan fingerprint density at radius 3 is 1.85 bits per heavy atom. The molecule has 2 aromatic rings. The number of hydrogen-bond donors (Lipinski definition) is 0. The first kappa shape index (κ1) is 31.7. The third-order valence-electron chi connectivity index (χ3n) is 7.73. The smallest absolute Gasteiger partial charge is 0.347 e. The molecule has 1 aliphatic heterocycles. The molecule has 1 fully saturated rings. The minimum absolute atomic E-state index is 0.147. The Bertz CT molecular complexity index is 982. The number of rotatable bonds is 20. The summed E-state index contributed by atoms with van der Waals surface area (Å²) in [6.07, 6.45) is 17.8. The van der Waals surface area contributed by atoms with Crippen LogP contribution in [-0.2, 0) is 14.3 Å². The van der Waals surface area contributed by atoms with E-state index in [-0.39, 0.29) is 6.10 Å². The predicted octanol–water partition coefficient (Wildman–Crippen LogP) is 9.46. The Labute approximate surface area is 242 Å². The van der Waals surface area contributed by atoms with E-state index in [1.165, 1.54) is 70.6 Å². The molecule has 0 bridgehead atoms. The minimum atomic E-state index is -0.810. The summed E-state index contributed by atoms with van der Waals surface area (Å²) in [4.78, 5) is 24.9. The van der Waals surface area contributed by atoms with Crippen molar-refractivity contribution in [1.29, 1.82) is 0 Å². The SMILES string of the molecule is CCCCCCCCCCOc1ccc(-c2ccc(C(=O)O[C@@H]3C[C@@H](CCCCCCCC)OC3=O)cc2)cc1. The zero-order valence-corrected chi connectivity index (χ0v) is 24.8. The van der Waals surface area contributed by atoms with Crippen LogP contribution < -0.4 is 4.74 Å². The Balaban J connectivity index is 1.36. The van der Waals surface area contributed by atoms with Crippen LogP contribution in [0.1, 0.15) is 127 Å². The van der Waals surface area contributed by atoms with Gasteiger partial charge in [0, 0.05) is 6.42 Å². The van der Waals surface area contributed by atoms with Crippen LogP contribution in [0.4, 0.5) is 0 Å². The number of unbranched alkanes of at least 4 members (excludes halogenated alkanes) is 12. The standard InChI is InChI=1S/C35H50O5/c1-3-5-7-9-11-12-14-16-26-38-31-24-22-29(23-25-31)28-18-20-30(21-19-28)34(36)40-33-27-32(39-35(33)37)17-15-13-10-8-6-4-2/h18-25,32-33H,3-17,26-27H2,1-2H3/t32-,33-/m1/s1. The number of carbonyl (C=O) groups is 2. The average molecular weight is 551 g/mol. The molecule has 0 aromatic heterocycles. The van der Waals surface area contributed by atoms with Crippen molar-refractivity contribution in [3.63, 3.8) is 0 Å². The van der Waals surface area contributed by atoms with Crippen molar-refractivity contribution in [2.24, 2.45) is 0 Å². The van der Waals surface area contributed by atoms with Crippen molar-refractivity contribution < 1.29 is 23.8 Å².